The van der Waals surface area contributed by atoms with E-state index in [1.165, 1.54) is 7.11 Å². The van der Waals surface area contributed by atoms with Gasteiger partial charge in [-0.05, 0) is 30.3 Å². The van der Waals surface area contributed by atoms with Crippen LogP contribution in [-0.2, 0) is 6.61 Å². The quantitative estimate of drug-likeness (QED) is 0.913. The Labute approximate surface area is 125 Å². The summed E-state index contributed by atoms with van der Waals surface area (Å²) in [5.41, 5.74) is 0.517. The molecule has 0 heterocycles. The van der Waals surface area contributed by atoms with Gasteiger partial charge < -0.3 is 14.6 Å². The lowest BCUT2D eigenvalue weighted by atomic mass is 10.2. The first-order valence-electron chi connectivity index (χ1n) is 5.99. The normalized spacial score (nSPS) is 10.2. The molecule has 2 rings (SSSR count). The summed E-state index contributed by atoms with van der Waals surface area (Å²) in [7, 11) is 1.50. The maximum atomic E-state index is 13.2. The average molecular weight is 311 g/mol. The molecule has 0 aliphatic carbocycles. The molecular formula is C15H12ClFO4. The summed E-state index contributed by atoms with van der Waals surface area (Å²) >= 11 is 5.90. The molecular weight excluding hydrogens is 299 g/mol. The topological polar surface area (TPSA) is 55.8 Å². The first kappa shape index (κ1) is 15.1. The summed E-state index contributed by atoms with van der Waals surface area (Å²) in [6, 6.07) is 8.22. The molecule has 1 N–H and O–H groups in total. The molecule has 0 saturated carbocycles. The van der Waals surface area contributed by atoms with Crippen LogP contribution in [-0.4, -0.2) is 18.2 Å². The highest BCUT2D eigenvalue weighted by molar-refractivity contribution is 6.30. The predicted octanol–water partition coefficient (Wildman–Crippen LogP) is 3.76. The lowest BCUT2D eigenvalue weighted by Crippen LogP contribution is -2.05. The SMILES string of the molecule is COc1ccc(Cl)cc1COc1cc(F)ccc1C(=O)O. The van der Waals surface area contributed by atoms with Crippen molar-refractivity contribution in [3.63, 3.8) is 0 Å². The molecule has 0 unspecified atom stereocenters. The van der Waals surface area contributed by atoms with Gasteiger partial charge in [-0.25, -0.2) is 9.18 Å². The van der Waals surface area contributed by atoms with Crippen molar-refractivity contribution in [3.05, 3.63) is 58.4 Å². The largest absolute Gasteiger partial charge is 0.496 e. The Bertz CT molecular complexity index is 673. The highest BCUT2D eigenvalue weighted by Gasteiger charge is 2.13. The minimum absolute atomic E-state index is 0.00741. The van der Waals surface area contributed by atoms with Gasteiger partial charge in [-0.2, -0.15) is 0 Å². The Hall–Kier alpha value is -2.27. The minimum atomic E-state index is -1.19. The zero-order valence-electron chi connectivity index (χ0n) is 11.1. The van der Waals surface area contributed by atoms with Crippen LogP contribution in [0.4, 0.5) is 4.39 Å². The molecule has 6 heteroatoms. The van der Waals surface area contributed by atoms with Crippen LogP contribution in [0.15, 0.2) is 36.4 Å². The van der Waals surface area contributed by atoms with Crippen molar-refractivity contribution in [3.8, 4) is 11.5 Å². The number of rotatable bonds is 5. The third-order valence-electron chi connectivity index (χ3n) is 2.80. The van der Waals surface area contributed by atoms with E-state index in [1.54, 1.807) is 18.2 Å². The number of methoxy groups -OCH3 is 1. The molecule has 0 amide bonds. The van der Waals surface area contributed by atoms with Gasteiger partial charge in [-0.15, -0.1) is 0 Å². The van der Waals surface area contributed by atoms with E-state index < -0.39 is 11.8 Å². The summed E-state index contributed by atoms with van der Waals surface area (Å²) in [5, 5.41) is 9.54. The summed E-state index contributed by atoms with van der Waals surface area (Å²) in [5.74, 6) is -1.27. The first-order chi connectivity index (χ1) is 10.0. The second kappa shape index (κ2) is 6.45. The number of aromatic carboxylic acids is 1. The molecule has 0 bridgehead atoms. The average Bonchev–Trinajstić information content (AvgIpc) is 2.45. The van der Waals surface area contributed by atoms with Crippen molar-refractivity contribution in [2.75, 3.05) is 7.11 Å². The highest BCUT2D eigenvalue weighted by Crippen LogP contribution is 2.26. The molecule has 110 valence electrons. The highest BCUT2D eigenvalue weighted by atomic mass is 35.5. The molecule has 2 aromatic rings. The van der Waals surface area contributed by atoms with Crippen LogP contribution in [0, 0.1) is 5.82 Å². The Balaban J connectivity index is 2.26. The van der Waals surface area contributed by atoms with E-state index in [2.05, 4.69) is 0 Å². The fraction of sp³-hybridized carbons (Fsp3) is 0.133. The lowest BCUT2D eigenvalue weighted by molar-refractivity contribution is 0.0691. The molecule has 0 atom stereocenters. The molecule has 0 radical (unpaired) electrons. The number of hydrogen-bond donors (Lipinski definition) is 1. The monoisotopic (exact) mass is 310 g/mol. The van der Waals surface area contributed by atoms with E-state index in [0.29, 0.717) is 16.3 Å². The van der Waals surface area contributed by atoms with Crippen molar-refractivity contribution in [2.24, 2.45) is 0 Å². The van der Waals surface area contributed by atoms with Gasteiger partial charge in [0.05, 0.1) is 7.11 Å². The number of hydrogen-bond acceptors (Lipinski definition) is 3. The maximum Gasteiger partial charge on any atom is 0.339 e. The lowest BCUT2D eigenvalue weighted by Gasteiger charge is -2.12. The molecule has 0 aliphatic rings. The summed E-state index contributed by atoms with van der Waals surface area (Å²) in [4.78, 5) is 11.1. The zero-order valence-corrected chi connectivity index (χ0v) is 11.9. The second-order valence-electron chi connectivity index (χ2n) is 4.19. The number of carbonyl (C=O) groups is 1. The molecule has 4 nitrogen and oxygen atoms in total. The first-order valence-corrected chi connectivity index (χ1v) is 6.37. The molecule has 2 aromatic carbocycles. The number of ether oxygens (including phenoxy) is 2. The smallest absolute Gasteiger partial charge is 0.339 e. The standard InChI is InChI=1S/C15H12ClFO4/c1-20-13-5-2-10(16)6-9(13)8-21-14-7-11(17)3-4-12(14)15(18)19/h2-7H,8H2,1H3,(H,18,19). The van der Waals surface area contributed by atoms with Crippen LogP contribution >= 0.6 is 11.6 Å². The van der Waals surface area contributed by atoms with Gasteiger partial charge in [0, 0.05) is 16.7 Å². The Kier molecular flexibility index (Phi) is 4.65. The third-order valence-corrected chi connectivity index (χ3v) is 3.03. The van der Waals surface area contributed by atoms with E-state index in [-0.39, 0.29) is 17.9 Å². The van der Waals surface area contributed by atoms with Crippen molar-refractivity contribution in [2.45, 2.75) is 6.61 Å². The van der Waals surface area contributed by atoms with E-state index in [1.807, 2.05) is 0 Å². The minimum Gasteiger partial charge on any atom is -0.496 e. The zero-order chi connectivity index (χ0) is 15.4. The van der Waals surface area contributed by atoms with E-state index in [9.17, 15) is 9.18 Å². The third kappa shape index (κ3) is 3.64. The summed E-state index contributed by atoms with van der Waals surface area (Å²) in [6.45, 7) is 0.00741. The fourth-order valence-corrected chi connectivity index (χ4v) is 2.00. The molecule has 0 aliphatic heterocycles. The van der Waals surface area contributed by atoms with Gasteiger partial charge in [0.2, 0.25) is 0 Å². The van der Waals surface area contributed by atoms with Crippen molar-refractivity contribution >= 4 is 17.6 Å². The van der Waals surface area contributed by atoms with Crippen molar-refractivity contribution in [1.82, 2.24) is 0 Å². The van der Waals surface area contributed by atoms with Crippen LogP contribution in [0.1, 0.15) is 15.9 Å². The van der Waals surface area contributed by atoms with Crippen LogP contribution in [0.25, 0.3) is 0 Å². The fourth-order valence-electron chi connectivity index (χ4n) is 1.81. The molecule has 0 spiro atoms. The number of carboxylic acids is 1. The van der Waals surface area contributed by atoms with E-state index in [0.717, 1.165) is 18.2 Å². The van der Waals surface area contributed by atoms with Crippen molar-refractivity contribution < 1.29 is 23.8 Å². The Morgan fingerprint density at radius 3 is 2.67 bits per heavy atom. The molecule has 0 aromatic heterocycles. The van der Waals surface area contributed by atoms with E-state index >= 15 is 0 Å². The Morgan fingerprint density at radius 1 is 1.24 bits per heavy atom. The van der Waals surface area contributed by atoms with Crippen molar-refractivity contribution in [1.29, 1.82) is 0 Å². The van der Waals surface area contributed by atoms with Gasteiger partial charge in [-0.3, -0.25) is 0 Å². The number of halogens is 2. The summed E-state index contributed by atoms with van der Waals surface area (Å²) in [6.07, 6.45) is 0. The van der Waals surface area contributed by atoms with Gasteiger partial charge in [-0.1, -0.05) is 11.6 Å². The van der Waals surface area contributed by atoms with Gasteiger partial charge in [0.1, 0.15) is 29.5 Å². The van der Waals surface area contributed by atoms with Gasteiger partial charge in [0.15, 0.2) is 0 Å². The summed E-state index contributed by atoms with van der Waals surface area (Å²) < 4.78 is 23.8. The molecule has 0 saturated heterocycles. The number of benzene rings is 2. The van der Waals surface area contributed by atoms with Gasteiger partial charge in [0.25, 0.3) is 0 Å². The van der Waals surface area contributed by atoms with Crippen LogP contribution in [0.2, 0.25) is 5.02 Å². The van der Waals surface area contributed by atoms with Crippen LogP contribution < -0.4 is 9.47 Å². The second-order valence-corrected chi connectivity index (χ2v) is 4.63. The van der Waals surface area contributed by atoms with Crippen LogP contribution in [0.3, 0.4) is 0 Å². The molecule has 0 fully saturated rings. The van der Waals surface area contributed by atoms with E-state index in [4.69, 9.17) is 26.2 Å². The predicted molar refractivity (Wildman–Crippen MR) is 75.7 cm³/mol. The Morgan fingerprint density at radius 2 is 2.00 bits per heavy atom. The number of carboxylic acid groups (broad SMARTS) is 1. The van der Waals surface area contributed by atoms with Gasteiger partial charge >= 0.3 is 5.97 Å². The maximum absolute atomic E-state index is 13.2. The van der Waals surface area contributed by atoms with Crippen LogP contribution in [0.5, 0.6) is 11.5 Å². The molecule has 21 heavy (non-hydrogen) atoms.